The Bertz CT molecular complexity index is 324. The van der Waals surface area contributed by atoms with E-state index in [0.717, 1.165) is 11.0 Å². The highest BCUT2D eigenvalue weighted by Crippen LogP contribution is 2.31. The molecule has 0 amide bonds. The van der Waals surface area contributed by atoms with Crippen LogP contribution in [-0.2, 0) is 0 Å². The molecule has 1 atom stereocenters. The SMILES string of the molecule is Brc1ccc(Br)c([C@@H]2CCCCN2)c1.Cl. The summed E-state index contributed by atoms with van der Waals surface area (Å²) in [6.45, 7) is 1.14. The number of benzene rings is 1. The summed E-state index contributed by atoms with van der Waals surface area (Å²) in [4.78, 5) is 0. The molecule has 1 aliphatic heterocycles. The number of halogens is 3. The Labute approximate surface area is 114 Å². The first kappa shape index (κ1) is 13.5. The van der Waals surface area contributed by atoms with Gasteiger partial charge < -0.3 is 5.32 Å². The molecule has 2 rings (SSSR count). The minimum Gasteiger partial charge on any atom is -0.310 e. The molecular formula is C11H14Br2ClN. The minimum atomic E-state index is 0. The molecule has 0 unspecified atom stereocenters. The molecular weight excluding hydrogens is 341 g/mol. The van der Waals surface area contributed by atoms with Crippen molar-refractivity contribution in [2.75, 3.05) is 6.54 Å². The standard InChI is InChI=1S/C11H13Br2N.ClH/c12-8-4-5-10(13)9(7-8)11-3-1-2-6-14-11;/h4-5,7,11,14H,1-3,6H2;1H/t11-;/m0./s1. The van der Waals surface area contributed by atoms with Crippen molar-refractivity contribution in [1.29, 1.82) is 0 Å². The smallest absolute Gasteiger partial charge is 0.0331 e. The predicted octanol–water partition coefficient (Wildman–Crippen LogP) is 4.45. The Morgan fingerprint density at radius 3 is 2.67 bits per heavy atom. The van der Waals surface area contributed by atoms with Crippen LogP contribution in [0.25, 0.3) is 0 Å². The second kappa shape index (κ2) is 6.24. The highest BCUT2D eigenvalue weighted by molar-refractivity contribution is 9.11. The van der Waals surface area contributed by atoms with E-state index in [-0.39, 0.29) is 12.4 Å². The first-order valence-electron chi connectivity index (χ1n) is 4.96. The number of nitrogens with one attached hydrogen (secondary N) is 1. The number of rotatable bonds is 1. The fraction of sp³-hybridized carbons (Fsp3) is 0.455. The fourth-order valence-corrected chi connectivity index (χ4v) is 2.80. The maximum atomic E-state index is 3.61. The van der Waals surface area contributed by atoms with Crippen LogP contribution in [0.15, 0.2) is 27.1 Å². The summed E-state index contributed by atoms with van der Waals surface area (Å²) in [5, 5.41) is 3.55. The van der Waals surface area contributed by atoms with Crippen LogP contribution < -0.4 is 5.32 Å². The molecule has 4 heteroatoms. The van der Waals surface area contributed by atoms with E-state index in [4.69, 9.17) is 0 Å². The van der Waals surface area contributed by atoms with E-state index < -0.39 is 0 Å². The molecule has 0 aliphatic carbocycles. The lowest BCUT2D eigenvalue weighted by molar-refractivity contribution is 0.411. The monoisotopic (exact) mass is 353 g/mol. The molecule has 1 aromatic carbocycles. The summed E-state index contributed by atoms with van der Waals surface area (Å²) >= 11 is 7.12. The second-order valence-corrected chi connectivity index (χ2v) is 5.44. The Kier molecular flexibility index (Phi) is 5.61. The van der Waals surface area contributed by atoms with Gasteiger partial charge in [-0.15, -0.1) is 12.4 Å². The predicted molar refractivity (Wildman–Crippen MR) is 73.7 cm³/mol. The maximum absolute atomic E-state index is 3.61. The van der Waals surface area contributed by atoms with Crippen LogP contribution in [0.4, 0.5) is 0 Å². The van der Waals surface area contributed by atoms with E-state index in [9.17, 15) is 0 Å². The van der Waals surface area contributed by atoms with E-state index >= 15 is 0 Å². The minimum absolute atomic E-state index is 0. The van der Waals surface area contributed by atoms with Gasteiger partial charge in [-0.25, -0.2) is 0 Å². The van der Waals surface area contributed by atoms with Crippen molar-refractivity contribution in [3.8, 4) is 0 Å². The number of piperidine rings is 1. The second-order valence-electron chi connectivity index (χ2n) is 3.67. The molecule has 1 nitrogen and oxygen atoms in total. The summed E-state index contributed by atoms with van der Waals surface area (Å²) in [6, 6.07) is 6.90. The van der Waals surface area contributed by atoms with Crippen LogP contribution in [0, 0.1) is 0 Å². The van der Waals surface area contributed by atoms with Gasteiger partial charge in [0.15, 0.2) is 0 Å². The van der Waals surface area contributed by atoms with Gasteiger partial charge in [-0.1, -0.05) is 38.3 Å². The molecule has 1 heterocycles. The van der Waals surface area contributed by atoms with Gasteiger partial charge in [-0.3, -0.25) is 0 Å². The number of hydrogen-bond acceptors (Lipinski definition) is 1. The molecule has 1 fully saturated rings. The van der Waals surface area contributed by atoms with Crippen molar-refractivity contribution in [3.05, 3.63) is 32.7 Å². The van der Waals surface area contributed by atoms with Gasteiger partial charge in [0.25, 0.3) is 0 Å². The van der Waals surface area contributed by atoms with Crippen LogP contribution in [0.2, 0.25) is 0 Å². The van der Waals surface area contributed by atoms with E-state index in [2.05, 4.69) is 55.4 Å². The highest BCUT2D eigenvalue weighted by Gasteiger charge is 2.16. The van der Waals surface area contributed by atoms with E-state index in [1.54, 1.807) is 0 Å². The summed E-state index contributed by atoms with van der Waals surface area (Å²) < 4.78 is 2.36. The van der Waals surface area contributed by atoms with Gasteiger partial charge in [0, 0.05) is 15.0 Å². The zero-order valence-corrected chi connectivity index (χ0v) is 12.3. The molecule has 84 valence electrons. The van der Waals surface area contributed by atoms with Crippen molar-refractivity contribution in [2.45, 2.75) is 25.3 Å². The topological polar surface area (TPSA) is 12.0 Å². The summed E-state index contributed by atoms with van der Waals surface area (Å²) in [5.74, 6) is 0. The molecule has 0 bridgehead atoms. The van der Waals surface area contributed by atoms with Crippen molar-refractivity contribution < 1.29 is 0 Å². The first-order valence-corrected chi connectivity index (χ1v) is 6.54. The zero-order chi connectivity index (χ0) is 9.97. The fourth-order valence-electron chi connectivity index (χ4n) is 1.90. The van der Waals surface area contributed by atoms with Crippen molar-refractivity contribution in [3.63, 3.8) is 0 Å². The van der Waals surface area contributed by atoms with E-state index in [0.29, 0.717) is 6.04 Å². The van der Waals surface area contributed by atoms with E-state index in [1.165, 1.54) is 29.3 Å². The molecule has 1 N–H and O–H groups in total. The summed E-state index contributed by atoms with van der Waals surface area (Å²) in [6.07, 6.45) is 3.88. The highest BCUT2D eigenvalue weighted by atomic mass is 79.9. The Morgan fingerprint density at radius 2 is 2.00 bits per heavy atom. The van der Waals surface area contributed by atoms with Crippen molar-refractivity contribution >= 4 is 44.3 Å². The Morgan fingerprint density at radius 1 is 1.20 bits per heavy atom. The third-order valence-electron chi connectivity index (χ3n) is 2.64. The van der Waals surface area contributed by atoms with Crippen LogP contribution in [-0.4, -0.2) is 6.54 Å². The van der Waals surface area contributed by atoms with E-state index in [1.807, 2.05) is 0 Å². The molecule has 1 aromatic rings. The Hall–Kier alpha value is 0.430. The summed E-state index contributed by atoms with van der Waals surface area (Å²) in [7, 11) is 0. The van der Waals surface area contributed by atoms with Crippen molar-refractivity contribution in [1.82, 2.24) is 5.32 Å². The molecule has 0 saturated carbocycles. The molecule has 0 radical (unpaired) electrons. The molecule has 15 heavy (non-hydrogen) atoms. The third kappa shape index (κ3) is 3.45. The van der Waals surface area contributed by atoms with Gasteiger partial charge in [0.2, 0.25) is 0 Å². The van der Waals surface area contributed by atoms with Gasteiger partial charge >= 0.3 is 0 Å². The van der Waals surface area contributed by atoms with Crippen LogP contribution in [0.3, 0.4) is 0 Å². The molecule has 1 aliphatic rings. The first-order chi connectivity index (χ1) is 6.77. The van der Waals surface area contributed by atoms with Gasteiger partial charge in [-0.05, 0) is 43.1 Å². The third-order valence-corrected chi connectivity index (χ3v) is 3.86. The van der Waals surface area contributed by atoms with Crippen molar-refractivity contribution in [2.24, 2.45) is 0 Å². The average Bonchev–Trinajstić information content (AvgIpc) is 2.23. The quantitative estimate of drug-likeness (QED) is 0.785. The lowest BCUT2D eigenvalue weighted by atomic mass is 9.98. The largest absolute Gasteiger partial charge is 0.310 e. The van der Waals surface area contributed by atoms with Gasteiger partial charge in [-0.2, -0.15) is 0 Å². The molecule has 1 saturated heterocycles. The van der Waals surface area contributed by atoms with Crippen LogP contribution >= 0.6 is 44.3 Å². The maximum Gasteiger partial charge on any atom is 0.0331 e. The van der Waals surface area contributed by atoms with Crippen LogP contribution in [0.5, 0.6) is 0 Å². The average molecular weight is 356 g/mol. The lowest BCUT2D eigenvalue weighted by Gasteiger charge is -2.24. The van der Waals surface area contributed by atoms with Gasteiger partial charge in [0.05, 0.1) is 0 Å². The van der Waals surface area contributed by atoms with Crippen LogP contribution in [0.1, 0.15) is 30.9 Å². The molecule has 0 spiro atoms. The number of hydrogen-bond donors (Lipinski definition) is 1. The lowest BCUT2D eigenvalue weighted by Crippen LogP contribution is -2.27. The normalized spacial score (nSPS) is 20.8. The molecule has 0 aromatic heterocycles. The Balaban J connectivity index is 0.00000112. The zero-order valence-electron chi connectivity index (χ0n) is 8.30. The summed E-state index contributed by atoms with van der Waals surface area (Å²) in [5.41, 5.74) is 1.37. The van der Waals surface area contributed by atoms with Gasteiger partial charge in [0.1, 0.15) is 0 Å².